The Balaban J connectivity index is 2.05. The smallest absolute Gasteiger partial charge is 0.203 e. The lowest BCUT2D eigenvalue weighted by Crippen LogP contribution is -1.85. The van der Waals surface area contributed by atoms with E-state index in [9.17, 15) is 9.80 Å². The summed E-state index contributed by atoms with van der Waals surface area (Å²) in [5.74, 6) is 0. The first kappa shape index (κ1) is 21.3. The van der Waals surface area contributed by atoms with Crippen molar-refractivity contribution in [3.05, 3.63) is 40.4 Å². The summed E-state index contributed by atoms with van der Waals surface area (Å²) in [7, 11) is -1.73. The summed E-state index contributed by atoms with van der Waals surface area (Å²) < 4.78 is 0. The topological polar surface area (TPSA) is 49.7 Å². The molecule has 0 saturated carbocycles. The molecule has 136 valence electrons. The predicted octanol–water partition coefficient (Wildman–Crippen LogP) is 7.18. The highest BCUT2D eigenvalue weighted by Gasteiger charge is 2.07. The molecule has 1 N–H and O–H groups in total. The van der Waals surface area contributed by atoms with Crippen LogP contribution in [0.3, 0.4) is 0 Å². The lowest BCUT2D eigenvalue weighted by Gasteiger charge is -2.04. The fourth-order valence-electron chi connectivity index (χ4n) is 3.02. The number of hydrogen-bond acceptors (Lipinski definition) is 3. The van der Waals surface area contributed by atoms with E-state index in [-0.39, 0.29) is 0 Å². The summed E-state index contributed by atoms with van der Waals surface area (Å²) in [5, 5.41) is 0. The molecule has 24 heavy (non-hydrogen) atoms. The molecule has 0 spiro atoms. The van der Waals surface area contributed by atoms with Gasteiger partial charge in [0.05, 0.1) is 0 Å². The van der Waals surface area contributed by atoms with Crippen LogP contribution in [0.5, 0.6) is 0 Å². The van der Waals surface area contributed by atoms with Crippen LogP contribution in [-0.4, -0.2) is 11.1 Å². The van der Waals surface area contributed by atoms with Crippen LogP contribution in [0.15, 0.2) is 40.4 Å². The largest absolute Gasteiger partial charge is 0.351 e. The lowest BCUT2D eigenvalue weighted by atomic mass is 10.0. The summed E-state index contributed by atoms with van der Waals surface area (Å²) >= 11 is 0. The van der Waals surface area contributed by atoms with Crippen LogP contribution in [-0.2, 0) is 0 Å². The average molecular weight is 351 g/mol. The first-order valence-corrected chi connectivity index (χ1v) is 11.1. The summed E-state index contributed by atoms with van der Waals surface area (Å²) in [4.78, 5) is 22.4. The van der Waals surface area contributed by atoms with Crippen molar-refractivity contribution >= 4 is 8.30 Å². The molecular formula is C20H34NO2P. The Kier molecular flexibility index (Phi) is 12.9. The van der Waals surface area contributed by atoms with Crippen LogP contribution in [0.25, 0.3) is 0 Å². The zero-order chi connectivity index (χ0) is 17.5. The first-order valence-electron chi connectivity index (χ1n) is 9.62. The minimum Gasteiger partial charge on any atom is -0.351 e. The Morgan fingerprint density at radius 2 is 1.46 bits per heavy atom. The van der Waals surface area contributed by atoms with Gasteiger partial charge >= 0.3 is 0 Å². The third-order valence-electron chi connectivity index (χ3n) is 4.51. The lowest BCUT2D eigenvalue weighted by molar-refractivity contribution is 0.556. The van der Waals surface area contributed by atoms with Crippen LogP contribution >= 0.6 is 8.30 Å². The van der Waals surface area contributed by atoms with E-state index in [0.29, 0.717) is 6.16 Å². The van der Waals surface area contributed by atoms with E-state index in [4.69, 9.17) is 0 Å². The van der Waals surface area contributed by atoms with Crippen LogP contribution in [0.1, 0.15) is 84.0 Å². The van der Waals surface area contributed by atoms with Crippen LogP contribution < -0.4 is 0 Å². The molecule has 0 aliphatic heterocycles. The summed E-state index contributed by atoms with van der Waals surface area (Å²) in [6, 6.07) is 0. The number of nitroso groups, excluding NO2 is 1. The van der Waals surface area contributed by atoms with Crippen molar-refractivity contribution in [2.75, 3.05) is 6.16 Å². The highest BCUT2D eigenvalue weighted by molar-refractivity contribution is 7.50. The minimum atomic E-state index is -1.73. The second-order valence-electron chi connectivity index (χ2n) is 6.67. The maximum Gasteiger partial charge on any atom is 0.203 e. The Labute approximate surface area is 149 Å². The third kappa shape index (κ3) is 10.9. The normalized spacial score (nSPS) is 15.6. The Bertz CT molecular complexity index is 429. The van der Waals surface area contributed by atoms with E-state index in [0.717, 1.165) is 18.4 Å². The van der Waals surface area contributed by atoms with Crippen molar-refractivity contribution in [2.24, 2.45) is 4.95 Å². The summed E-state index contributed by atoms with van der Waals surface area (Å²) in [6.45, 7) is 2.27. The zero-order valence-electron chi connectivity index (χ0n) is 15.3. The molecule has 1 aliphatic rings. The molecule has 0 aromatic carbocycles. The Morgan fingerprint density at radius 3 is 2.08 bits per heavy atom. The number of nitrogens with zero attached hydrogens (tertiary/aromatic N) is 1. The molecule has 0 aromatic heterocycles. The molecule has 0 bridgehead atoms. The van der Waals surface area contributed by atoms with Gasteiger partial charge in [-0.15, -0.1) is 4.91 Å². The fourth-order valence-corrected chi connectivity index (χ4v) is 3.64. The quantitative estimate of drug-likeness (QED) is 0.205. The first-order chi connectivity index (χ1) is 11.8. The van der Waals surface area contributed by atoms with Crippen molar-refractivity contribution in [3.8, 4) is 0 Å². The van der Waals surface area contributed by atoms with E-state index < -0.39 is 8.30 Å². The molecule has 4 heteroatoms. The SMILES string of the molecule is CCCCCCCCCCCCC1=CCC=C(CP(O)N=O)C=C1. The van der Waals surface area contributed by atoms with Gasteiger partial charge in [0.2, 0.25) is 8.30 Å². The van der Waals surface area contributed by atoms with Gasteiger partial charge in [0.25, 0.3) is 0 Å². The molecule has 0 fully saturated rings. The van der Waals surface area contributed by atoms with Gasteiger partial charge < -0.3 is 4.89 Å². The predicted molar refractivity (Wildman–Crippen MR) is 106 cm³/mol. The number of hydrogen-bond donors (Lipinski definition) is 1. The van der Waals surface area contributed by atoms with Gasteiger partial charge in [-0.3, -0.25) is 0 Å². The van der Waals surface area contributed by atoms with Gasteiger partial charge in [-0.1, -0.05) is 94.6 Å². The monoisotopic (exact) mass is 351 g/mol. The highest BCUT2D eigenvalue weighted by Crippen LogP contribution is 2.34. The molecule has 0 radical (unpaired) electrons. The Morgan fingerprint density at radius 1 is 0.917 bits per heavy atom. The van der Waals surface area contributed by atoms with Gasteiger partial charge in [0, 0.05) is 6.16 Å². The average Bonchev–Trinajstić information content (AvgIpc) is 2.81. The van der Waals surface area contributed by atoms with Gasteiger partial charge in [-0.2, -0.15) is 0 Å². The molecule has 0 heterocycles. The molecule has 1 aliphatic carbocycles. The van der Waals surface area contributed by atoms with E-state index in [1.54, 1.807) is 0 Å². The molecule has 3 nitrogen and oxygen atoms in total. The Hall–Kier alpha value is -0.790. The molecule has 0 aromatic rings. The maximum absolute atomic E-state index is 10.3. The summed E-state index contributed by atoms with van der Waals surface area (Å²) in [6.07, 6.45) is 24.6. The molecule has 1 rings (SSSR count). The summed E-state index contributed by atoms with van der Waals surface area (Å²) in [5.41, 5.74) is 2.40. The second-order valence-corrected chi connectivity index (χ2v) is 7.90. The number of unbranched alkanes of at least 4 members (excludes halogenated alkanes) is 9. The van der Waals surface area contributed by atoms with E-state index in [1.165, 1.54) is 69.8 Å². The van der Waals surface area contributed by atoms with Crippen molar-refractivity contribution in [2.45, 2.75) is 84.0 Å². The molecule has 0 amide bonds. The molecular weight excluding hydrogens is 317 g/mol. The van der Waals surface area contributed by atoms with E-state index in [2.05, 4.69) is 30.1 Å². The van der Waals surface area contributed by atoms with Gasteiger partial charge in [0.1, 0.15) is 0 Å². The second kappa shape index (κ2) is 14.5. The van der Waals surface area contributed by atoms with Gasteiger partial charge in [-0.25, -0.2) is 0 Å². The van der Waals surface area contributed by atoms with E-state index in [1.807, 2.05) is 6.08 Å². The van der Waals surface area contributed by atoms with Crippen molar-refractivity contribution < 1.29 is 4.89 Å². The zero-order valence-corrected chi connectivity index (χ0v) is 16.1. The fraction of sp³-hybridized carbons (Fsp3) is 0.700. The van der Waals surface area contributed by atoms with Gasteiger partial charge in [0.15, 0.2) is 0 Å². The van der Waals surface area contributed by atoms with Crippen LogP contribution in [0, 0.1) is 4.91 Å². The molecule has 1 atom stereocenters. The molecule has 1 unspecified atom stereocenters. The van der Waals surface area contributed by atoms with Crippen LogP contribution in [0.2, 0.25) is 0 Å². The number of allylic oxidation sites excluding steroid dienone is 6. The van der Waals surface area contributed by atoms with Gasteiger partial charge in [-0.05, 0) is 29.8 Å². The van der Waals surface area contributed by atoms with Crippen molar-refractivity contribution in [1.29, 1.82) is 0 Å². The van der Waals surface area contributed by atoms with E-state index >= 15 is 0 Å². The van der Waals surface area contributed by atoms with Crippen molar-refractivity contribution in [3.63, 3.8) is 0 Å². The molecule has 0 saturated heterocycles. The van der Waals surface area contributed by atoms with Crippen LogP contribution in [0.4, 0.5) is 0 Å². The third-order valence-corrected chi connectivity index (χ3v) is 5.35. The highest BCUT2D eigenvalue weighted by atomic mass is 31.2. The van der Waals surface area contributed by atoms with Crippen molar-refractivity contribution in [1.82, 2.24) is 0 Å². The maximum atomic E-state index is 10.3. The minimum absolute atomic E-state index is 0.384. The standard InChI is InChI=1S/C20H34NO2P/c1-2-3-4-5-6-7-8-9-10-11-13-19-14-12-15-20(17-16-19)18-24(23)21-22/h14-17,23H,2-13,18H2,1H3. The number of rotatable bonds is 14.